The van der Waals surface area contributed by atoms with Gasteiger partial charge in [0.25, 0.3) is 0 Å². The van der Waals surface area contributed by atoms with Crippen LogP contribution in [0.5, 0.6) is 0 Å². The number of carbonyl (C=O) groups is 1. The molecule has 0 aliphatic heterocycles. The van der Waals surface area contributed by atoms with E-state index in [0.29, 0.717) is 0 Å². The Hall–Kier alpha value is -1.67. The lowest BCUT2D eigenvalue weighted by Crippen LogP contribution is -2.46. The van der Waals surface area contributed by atoms with Crippen LogP contribution >= 0.6 is 0 Å². The highest BCUT2D eigenvalue weighted by atomic mass is 19.4. The number of aliphatic hydroxyl groups excluding tert-OH is 1. The van der Waals surface area contributed by atoms with Crippen molar-refractivity contribution in [1.82, 2.24) is 4.90 Å². The van der Waals surface area contributed by atoms with Crippen molar-refractivity contribution >= 4 is 11.6 Å². The number of amides is 1. The first-order valence-corrected chi connectivity index (χ1v) is 6.12. The topological polar surface area (TPSA) is 52.6 Å². The minimum atomic E-state index is -4.74. The second-order valence-corrected chi connectivity index (χ2v) is 4.67. The fourth-order valence-electron chi connectivity index (χ4n) is 1.55. The predicted molar refractivity (Wildman–Crippen MR) is 69.2 cm³/mol. The van der Waals surface area contributed by atoms with Crippen LogP contribution in [0.4, 0.5) is 23.2 Å². The van der Waals surface area contributed by atoms with Gasteiger partial charge in [0.1, 0.15) is 5.82 Å². The number of likely N-dealkylation sites (N-methyl/N-ethyl adjacent to an activating group) is 1. The van der Waals surface area contributed by atoms with E-state index < -0.39 is 36.6 Å². The predicted octanol–water partition coefficient (Wildman–Crippen LogP) is 2.01. The molecule has 0 bridgehead atoms. The van der Waals surface area contributed by atoms with Crippen molar-refractivity contribution in [3.05, 3.63) is 30.1 Å². The number of carbonyl (C=O) groups excluding carboxylic acids is 1. The Labute approximate surface area is 119 Å². The standard InChI is InChI=1S/C13H16F4N2O2/c1-8(19(2)7-11(20)13(15,16)17)12(21)18-10-5-3-4-9(14)6-10/h3-6,8,11,20H,7H2,1-2H3,(H,18,21). The number of anilines is 1. The Morgan fingerprint density at radius 2 is 2.05 bits per heavy atom. The SMILES string of the molecule is CC(C(=O)Nc1cccc(F)c1)N(C)CC(O)C(F)(F)F. The Morgan fingerprint density at radius 3 is 2.57 bits per heavy atom. The van der Waals surface area contributed by atoms with Crippen LogP contribution in [0.15, 0.2) is 24.3 Å². The van der Waals surface area contributed by atoms with Crippen molar-refractivity contribution in [3.63, 3.8) is 0 Å². The van der Waals surface area contributed by atoms with Gasteiger partial charge in [-0.2, -0.15) is 13.2 Å². The summed E-state index contributed by atoms with van der Waals surface area (Å²) in [6.07, 6.45) is -7.28. The Morgan fingerprint density at radius 1 is 1.43 bits per heavy atom. The molecule has 1 amide bonds. The number of benzene rings is 1. The number of alkyl halides is 3. The number of aliphatic hydroxyl groups is 1. The molecular weight excluding hydrogens is 292 g/mol. The zero-order chi connectivity index (χ0) is 16.2. The smallest absolute Gasteiger partial charge is 0.382 e. The number of rotatable bonds is 5. The summed E-state index contributed by atoms with van der Waals surface area (Å²) in [6.45, 7) is 0.652. The van der Waals surface area contributed by atoms with Crippen molar-refractivity contribution in [1.29, 1.82) is 0 Å². The van der Waals surface area contributed by atoms with Gasteiger partial charge in [-0.1, -0.05) is 6.07 Å². The Bertz CT molecular complexity index is 493. The van der Waals surface area contributed by atoms with E-state index in [0.717, 1.165) is 11.0 Å². The molecule has 2 unspecified atom stereocenters. The zero-order valence-electron chi connectivity index (χ0n) is 11.5. The van der Waals surface area contributed by atoms with Gasteiger partial charge in [-0.15, -0.1) is 0 Å². The van der Waals surface area contributed by atoms with E-state index in [1.54, 1.807) is 0 Å². The van der Waals surface area contributed by atoms with E-state index in [1.165, 1.54) is 32.2 Å². The normalized spacial score (nSPS) is 14.9. The Balaban J connectivity index is 2.61. The van der Waals surface area contributed by atoms with Gasteiger partial charge < -0.3 is 10.4 Å². The van der Waals surface area contributed by atoms with Crippen LogP contribution in [0, 0.1) is 5.82 Å². The highest BCUT2D eigenvalue weighted by Gasteiger charge is 2.39. The molecule has 2 atom stereocenters. The van der Waals surface area contributed by atoms with Crippen LogP contribution in [0.1, 0.15) is 6.92 Å². The molecule has 118 valence electrons. The third-order valence-corrected chi connectivity index (χ3v) is 2.97. The first-order valence-electron chi connectivity index (χ1n) is 6.12. The van der Waals surface area contributed by atoms with E-state index in [9.17, 15) is 22.4 Å². The van der Waals surface area contributed by atoms with Crippen LogP contribution in [0.3, 0.4) is 0 Å². The van der Waals surface area contributed by atoms with Crippen molar-refractivity contribution in [2.45, 2.75) is 25.2 Å². The van der Waals surface area contributed by atoms with Crippen LogP contribution in [-0.4, -0.2) is 47.8 Å². The number of hydrogen-bond donors (Lipinski definition) is 2. The monoisotopic (exact) mass is 308 g/mol. The molecule has 21 heavy (non-hydrogen) atoms. The third kappa shape index (κ3) is 5.31. The van der Waals surface area contributed by atoms with E-state index in [2.05, 4.69) is 5.32 Å². The molecule has 0 aliphatic carbocycles. The van der Waals surface area contributed by atoms with Crippen molar-refractivity contribution in [2.24, 2.45) is 0 Å². The number of nitrogens with zero attached hydrogens (tertiary/aromatic N) is 1. The van der Waals surface area contributed by atoms with Crippen LogP contribution in [0.25, 0.3) is 0 Å². The lowest BCUT2D eigenvalue weighted by Gasteiger charge is -2.27. The van der Waals surface area contributed by atoms with Gasteiger partial charge in [-0.05, 0) is 32.2 Å². The maximum absolute atomic E-state index is 13.0. The molecule has 2 N–H and O–H groups in total. The molecular formula is C13H16F4N2O2. The summed E-state index contributed by atoms with van der Waals surface area (Å²) in [4.78, 5) is 12.9. The minimum absolute atomic E-state index is 0.205. The fourth-order valence-corrected chi connectivity index (χ4v) is 1.55. The molecule has 0 spiro atoms. The number of nitrogens with one attached hydrogen (secondary N) is 1. The first kappa shape index (κ1) is 17.4. The minimum Gasteiger partial charge on any atom is -0.382 e. The molecule has 8 heteroatoms. The van der Waals surface area contributed by atoms with Gasteiger partial charge in [-0.3, -0.25) is 9.69 Å². The quantitative estimate of drug-likeness (QED) is 0.818. The molecule has 0 fully saturated rings. The summed E-state index contributed by atoms with van der Waals surface area (Å²) in [5.41, 5.74) is 0.205. The maximum Gasteiger partial charge on any atom is 0.415 e. The van der Waals surface area contributed by atoms with Crippen molar-refractivity contribution in [2.75, 3.05) is 18.9 Å². The summed E-state index contributed by atoms with van der Waals surface area (Å²) >= 11 is 0. The molecule has 0 heterocycles. The van der Waals surface area contributed by atoms with Gasteiger partial charge in [0.15, 0.2) is 6.10 Å². The third-order valence-electron chi connectivity index (χ3n) is 2.97. The highest BCUT2D eigenvalue weighted by molar-refractivity contribution is 5.94. The van der Waals surface area contributed by atoms with E-state index >= 15 is 0 Å². The van der Waals surface area contributed by atoms with E-state index in [4.69, 9.17) is 5.11 Å². The van der Waals surface area contributed by atoms with Crippen molar-refractivity contribution < 1.29 is 27.5 Å². The number of halogens is 4. The molecule has 1 aromatic rings. The maximum atomic E-state index is 13.0. The van der Waals surface area contributed by atoms with Gasteiger partial charge in [0.05, 0.1) is 6.04 Å². The van der Waals surface area contributed by atoms with Gasteiger partial charge in [0, 0.05) is 12.2 Å². The lowest BCUT2D eigenvalue weighted by atomic mass is 10.2. The second kappa shape index (κ2) is 6.86. The molecule has 0 radical (unpaired) electrons. The molecule has 1 rings (SSSR count). The average Bonchev–Trinajstić information content (AvgIpc) is 2.36. The number of hydrogen-bond acceptors (Lipinski definition) is 3. The largest absolute Gasteiger partial charge is 0.415 e. The molecule has 0 aromatic heterocycles. The Kier molecular flexibility index (Phi) is 5.68. The first-order chi connectivity index (χ1) is 9.61. The summed E-state index contributed by atoms with van der Waals surface area (Å²) in [7, 11) is 1.28. The van der Waals surface area contributed by atoms with Crippen LogP contribution in [-0.2, 0) is 4.79 Å². The van der Waals surface area contributed by atoms with Gasteiger partial charge >= 0.3 is 6.18 Å². The van der Waals surface area contributed by atoms with Crippen LogP contribution in [0.2, 0.25) is 0 Å². The summed E-state index contributed by atoms with van der Waals surface area (Å²) < 4.78 is 49.7. The summed E-state index contributed by atoms with van der Waals surface area (Å²) in [5.74, 6) is -1.14. The molecule has 0 aliphatic rings. The summed E-state index contributed by atoms with van der Waals surface area (Å²) in [6, 6.07) is 4.22. The average molecular weight is 308 g/mol. The lowest BCUT2D eigenvalue weighted by molar-refractivity contribution is -0.208. The van der Waals surface area contributed by atoms with E-state index in [1.807, 2.05) is 0 Å². The zero-order valence-corrected chi connectivity index (χ0v) is 11.5. The highest BCUT2D eigenvalue weighted by Crippen LogP contribution is 2.21. The molecule has 1 aromatic carbocycles. The van der Waals surface area contributed by atoms with Crippen LogP contribution < -0.4 is 5.32 Å². The molecule has 0 saturated carbocycles. The second-order valence-electron chi connectivity index (χ2n) is 4.67. The molecule has 0 saturated heterocycles. The summed E-state index contributed by atoms with van der Waals surface area (Å²) in [5, 5.41) is 11.4. The van der Waals surface area contributed by atoms with E-state index in [-0.39, 0.29) is 5.69 Å². The molecule has 4 nitrogen and oxygen atoms in total. The van der Waals surface area contributed by atoms with Crippen molar-refractivity contribution in [3.8, 4) is 0 Å². The van der Waals surface area contributed by atoms with Gasteiger partial charge in [-0.25, -0.2) is 4.39 Å². The van der Waals surface area contributed by atoms with Gasteiger partial charge in [0.2, 0.25) is 5.91 Å². The fraction of sp³-hybridized carbons (Fsp3) is 0.462.